The molecule has 1 N–H and O–H groups in total. The summed E-state index contributed by atoms with van der Waals surface area (Å²) >= 11 is 0. The van der Waals surface area contributed by atoms with Crippen LogP contribution in [0.25, 0.3) is 0 Å². The summed E-state index contributed by atoms with van der Waals surface area (Å²) in [5.74, 6) is 2.00. The Labute approximate surface area is 116 Å². The smallest absolute Gasteiger partial charge is 0.123 e. The molecule has 19 heavy (non-hydrogen) atoms. The molecule has 0 saturated heterocycles. The first-order valence-electron chi connectivity index (χ1n) is 7.78. The summed E-state index contributed by atoms with van der Waals surface area (Å²) in [6.45, 7) is 0. The first-order chi connectivity index (χ1) is 9.36. The lowest BCUT2D eigenvalue weighted by molar-refractivity contribution is 0.156. The molecule has 0 spiro atoms. The van der Waals surface area contributed by atoms with Crippen LogP contribution in [0.5, 0.6) is 5.75 Å². The Hall–Kier alpha value is -1.02. The van der Waals surface area contributed by atoms with Crippen molar-refractivity contribution in [3.05, 3.63) is 29.8 Å². The van der Waals surface area contributed by atoms with Crippen molar-refractivity contribution in [3.63, 3.8) is 0 Å². The molecular weight excluding hydrogens is 234 g/mol. The van der Waals surface area contributed by atoms with Gasteiger partial charge in [0.15, 0.2) is 0 Å². The molecular formula is C17H25NO. The molecule has 1 aliphatic carbocycles. The lowest BCUT2D eigenvalue weighted by Gasteiger charge is -2.29. The fourth-order valence-electron chi connectivity index (χ4n) is 3.67. The molecule has 0 bridgehead atoms. The average Bonchev–Trinajstić information content (AvgIpc) is 2.89. The topological polar surface area (TPSA) is 21.3 Å². The maximum absolute atomic E-state index is 6.14. The lowest BCUT2D eigenvalue weighted by Crippen LogP contribution is -2.42. The first-order valence-corrected chi connectivity index (χ1v) is 7.78. The number of hydrogen-bond donors (Lipinski definition) is 1. The van der Waals surface area contributed by atoms with Crippen LogP contribution >= 0.6 is 0 Å². The number of hydrogen-bond acceptors (Lipinski definition) is 2. The Morgan fingerprint density at radius 1 is 1.21 bits per heavy atom. The van der Waals surface area contributed by atoms with Gasteiger partial charge in [-0.05, 0) is 31.0 Å². The second kappa shape index (κ2) is 5.96. The summed E-state index contributed by atoms with van der Waals surface area (Å²) in [6.07, 6.45) is 9.77. The van der Waals surface area contributed by atoms with Crippen LogP contribution in [0.1, 0.15) is 44.1 Å². The van der Waals surface area contributed by atoms with Crippen LogP contribution in [-0.2, 0) is 6.42 Å². The maximum atomic E-state index is 6.14. The molecule has 1 saturated carbocycles. The highest BCUT2D eigenvalue weighted by atomic mass is 16.5. The zero-order valence-corrected chi connectivity index (χ0v) is 11.9. The van der Waals surface area contributed by atoms with Crippen molar-refractivity contribution >= 4 is 0 Å². The minimum Gasteiger partial charge on any atom is -0.488 e. The number of nitrogens with one attached hydrogen (secondary N) is 1. The van der Waals surface area contributed by atoms with Crippen molar-refractivity contribution in [2.75, 3.05) is 7.05 Å². The molecule has 0 aromatic heterocycles. The molecule has 2 nitrogen and oxygen atoms in total. The molecule has 2 heteroatoms. The van der Waals surface area contributed by atoms with Crippen LogP contribution in [0.4, 0.5) is 0 Å². The fourth-order valence-corrected chi connectivity index (χ4v) is 3.67. The predicted molar refractivity (Wildman–Crippen MR) is 78.6 cm³/mol. The van der Waals surface area contributed by atoms with Crippen LogP contribution < -0.4 is 10.1 Å². The van der Waals surface area contributed by atoms with Crippen LogP contribution in [0.2, 0.25) is 0 Å². The third-order valence-electron chi connectivity index (χ3n) is 4.80. The molecule has 1 heterocycles. The number of fused-ring (bicyclic) bond motifs is 1. The molecule has 1 aromatic rings. The van der Waals surface area contributed by atoms with Crippen molar-refractivity contribution in [1.29, 1.82) is 0 Å². The van der Waals surface area contributed by atoms with Gasteiger partial charge in [0.05, 0.1) is 0 Å². The Kier molecular flexibility index (Phi) is 4.07. The van der Waals surface area contributed by atoms with Crippen LogP contribution in [-0.4, -0.2) is 19.2 Å². The largest absolute Gasteiger partial charge is 0.488 e. The van der Waals surface area contributed by atoms with Crippen molar-refractivity contribution in [1.82, 2.24) is 5.32 Å². The second-order valence-electron chi connectivity index (χ2n) is 6.10. The van der Waals surface area contributed by atoms with Crippen molar-refractivity contribution in [2.45, 2.75) is 57.1 Å². The van der Waals surface area contributed by atoms with Gasteiger partial charge < -0.3 is 10.1 Å². The lowest BCUT2D eigenvalue weighted by atomic mass is 9.83. The molecule has 0 radical (unpaired) electrons. The van der Waals surface area contributed by atoms with E-state index in [2.05, 4.69) is 36.6 Å². The Morgan fingerprint density at radius 2 is 2.00 bits per heavy atom. The van der Waals surface area contributed by atoms with E-state index in [1.54, 1.807) is 0 Å². The van der Waals surface area contributed by atoms with E-state index in [1.807, 2.05) is 0 Å². The minimum absolute atomic E-state index is 0.323. The van der Waals surface area contributed by atoms with Gasteiger partial charge in [-0.1, -0.05) is 50.3 Å². The van der Waals surface area contributed by atoms with Gasteiger partial charge in [0.1, 0.15) is 11.9 Å². The Bertz CT molecular complexity index is 386. The van der Waals surface area contributed by atoms with Crippen LogP contribution in [0.15, 0.2) is 24.3 Å². The van der Waals surface area contributed by atoms with E-state index in [1.165, 1.54) is 44.1 Å². The van der Waals surface area contributed by atoms with Gasteiger partial charge in [0.25, 0.3) is 0 Å². The highest BCUT2D eigenvalue weighted by Crippen LogP contribution is 2.33. The molecule has 2 aliphatic rings. The quantitative estimate of drug-likeness (QED) is 0.893. The average molecular weight is 259 g/mol. The van der Waals surface area contributed by atoms with E-state index in [0.29, 0.717) is 12.1 Å². The first kappa shape index (κ1) is 13.0. The molecule has 104 valence electrons. The maximum Gasteiger partial charge on any atom is 0.123 e. The highest BCUT2D eigenvalue weighted by molar-refractivity contribution is 5.37. The van der Waals surface area contributed by atoms with Gasteiger partial charge in [-0.2, -0.15) is 0 Å². The van der Waals surface area contributed by atoms with E-state index in [0.717, 1.165) is 18.1 Å². The molecule has 1 fully saturated rings. The van der Waals surface area contributed by atoms with Gasteiger partial charge in [-0.3, -0.25) is 0 Å². The monoisotopic (exact) mass is 259 g/mol. The van der Waals surface area contributed by atoms with E-state index < -0.39 is 0 Å². The molecule has 2 atom stereocenters. The highest BCUT2D eigenvalue weighted by Gasteiger charge is 2.31. The van der Waals surface area contributed by atoms with Gasteiger partial charge in [-0.15, -0.1) is 0 Å². The summed E-state index contributed by atoms with van der Waals surface area (Å²) in [5, 5.41) is 3.50. The Balaban J connectivity index is 1.61. The molecule has 3 rings (SSSR count). The van der Waals surface area contributed by atoms with Gasteiger partial charge in [0, 0.05) is 12.5 Å². The number of ether oxygens (including phenoxy) is 1. The van der Waals surface area contributed by atoms with Crippen molar-refractivity contribution < 1.29 is 4.74 Å². The van der Waals surface area contributed by atoms with Crippen molar-refractivity contribution in [2.24, 2.45) is 5.92 Å². The Morgan fingerprint density at radius 3 is 2.74 bits per heavy atom. The molecule has 0 amide bonds. The summed E-state index contributed by atoms with van der Waals surface area (Å²) in [6, 6.07) is 8.97. The molecule has 1 aromatic carbocycles. The van der Waals surface area contributed by atoms with E-state index >= 15 is 0 Å². The summed E-state index contributed by atoms with van der Waals surface area (Å²) in [4.78, 5) is 0. The standard InChI is InChI=1S/C17H25NO/c1-18-15(11-13-7-3-2-4-8-13)17-12-14-9-5-6-10-16(14)19-17/h5-6,9-10,13,15,17-18H,2-4,7-8,11-12H2,1H3. The van der Waals surface area contributed by atoms with Crippen LogP contribution in [0, 0.1) is 5.92 Å². The second-order valence-corrected chi connectivity index (χ2v) is 6.10. The van der Waals surface area contributed by atoms with Crippen LogP contribution in [0.3, 0.4) is 0 Å². The predicted octanol–water partition coefficient (Wildman–Crippen LogP) is 3.55. The summed E-state index contributed by atoms with van der Waals surface area (Å²) in [5.41, 5.74) is 1.37. The van der Waals surface area contributed by atoms with Gasteiger partial charge in [0.2, 0.25) is 0 Å². The van der Waals surface area contributed by atoms with E-state index in [9.17, 15) is 0 Å². The fraction of sp³-hybridized carbons (Fsp3) is 0.647. The summed E-state index contributed by atoms with van der Waals surface area (Å²) in [7, 11) is 2.08. The third-order valence-corrected chi connectivity index (χ3v) is 4.80. The molecule has 1 aliphatic heterocycles. The zero-order valence-electron chi connectivity index (χ0n) is 11.9. The third kappa shape index (κ3) is 2.94. The normalized spacial score (nSPS) is 24.8. The number of likely N-dealkylation sites (N-methyl/N-ethyl adjacent to an activating group) is 1. The number of rotatable bonds is 4. The zero-order chi connectivity index (χ0) is 13.1. The van der Waals surface area contributed by atoms with E-state index in [-0.39, 0.29) is 0 Å². The van der Waals surface area contributed by atoms with Gasteiger partial charge >= 0.3 is 0 Å². The SMILES string of the molecule is CNC(CC1CCCCC1)C1Cc2ccccc2O1. The van der Waals surface area contributed by atoms with E-state index in [4.69, 9.17) is 4.74 Å². The summed E-state index contributed by atoms with van der Waals surface area (Å²) < 4.78 is 6.14. The number of benzene rings is 1. The van der Waals surface area contributed by atoms with Gasteiger partial charge in [-0.25, -0.2) is 0 Å². The number of para-hydroxylation sites is 1. The van der Waals surface area contributed by atoms with Crippen molar-refractivity contribution in [3.8, 4) is 5.75 Å². The minimum atomic E-state index is 0.323. The molecule has 2 unspecified atom stereocenters.